The van der Waals surface area contributed by atoms with Gasteiger partial charge < -0.3 is 14.8 Å². The van der Waals surface area contributed by atoms with Crippen molar-refractivity contribution in [3.8, 4) is 22.9 Å². The Morgan fingerprint density at radius 2 is 1.87 bits per heavy atom. The number of rotatable bonds is 6. The Morgan fingerprint density at radius 1 is 1.13 bits per heavy atom. The number of hydrogen-bond acceptors (Lipinski definition) is 6. The molecule has 1 amide bonds. The second-order valence-corrected chi connectivity index (χ2v) is 7.34. The molecular weight excluding hydrogens is 389 g/mol. The van der Waals surface area contributed by atoms with E-state index in [1.54, 1.807) is 12.1 Å². The van der Waals surface area contributed by atoms with Crippen LogP contribution in [0.1, 0.15) is 25.5 Å². The van der Waals surface area contributed by atoms with Crippen molar-refractivity contribution in [1.29, 1.82) is 0 Å². The Hall–Kier alpha value is -3.49. The molecule has 1 aliphatic rings. The van der Waals surface area contributed by atoms with Crippen molar-refractivity contribution in [2.24, 2.45) is 5.92 Å². The highest BCUT2D eigenvalue weighted by atomic mass is 19.1. The summed E-state index contributed by atoms with van der Waals surface area (Å²) in [6, 6.07) is 11.2. The minimum atomic E-state index is -0.343. The lowest BCUT2D eigenvalue weighted by molar-refractivity contribution is -0.123. The highest BCUT2D eigenvalue weighted by Crippen LogP contribution is 2.34. The molecule has 1 aliphatic heterocycles. The lowest BCUT2D eigenvalue weighted by Crippen LogP contribution is -2.34. The molecule has 0 saturated carbocycles. The number of carbonyl (C=O) groups excluding carboxylic acids is 1. The Labute approximate surface area is 173 Å². The number of fused-ring (bicyclic) bond motifs is 1. The van der Waals surface area contributed by atoms with Crippen molar-refractivity contribution in [2.75, 3.05) is 13.2 Å². The van der Waals surface area contributed by atoms with Gasteiger partial charge in [0.2, 0.25) is 11.7 Å². The third kappa shape index (κ3) is 4.40. The quantitative estimate of drug-likeness (QED) is 0.671. The molecule has 1 atom stereocenters. The fourth-order valence-corrected chi connectivity index (χ4v) is 3.26. The summed E-state index contributed by atoms with van der Waals surface area (Å²) in [5, 5.41) is 15.1. The molecule has 0 aliphatic carbocycles. The van der Waals surface area contributed by atoms with Crippen LogP contribution in [0, 0.1) is 11.7 Å². The summed E-state index contributed by atoms with van der Waals surface area (Å²) in [5.41, 5.74) is 1.56. The summed E-state index contributed by atoms with van der Waals surface area (Å²) in [7, 11) is 0. The van der Waals surface area contributed by atoms with Crippen LogP contribution in [0.3, 0.4) is 0 Å². The van der Waals surface area contributed by atoms with E-state index in [-0.39, 0.29) is 30.2 Å². The molecule has 0 fully saturated rings. The molecule has 4 rings (SSSR count). The van der Waals surface area contributed by atoms with Crippen LogP contribution in [0.5, 0.6) is 11.5 Å². The molecule has 9 heteroatoms. The van der Waals surface area contributed by atoms with Crippen LogP contribution >= 0.6 is 0 Å². The molecule has 2 heterocycles. The fourth-order valence-electron chi connectivity index (χ4n) is 3.26. The number of amides is 1. The first-order valence-electron chi connectivity index (χ1n) is 9.72. The van der Waals surface area contributed by atoms with E-state index in [2.05, 4.69) is 20.7 Å². The molecule has 0 saturated heterocycles. The topological polar surface area (TPSA) is 91.2 Å². The lowest BCUT2D eigenvalue weighted by atomic mass is 9.95. The van der Waals surface area contributed by atoms with Crippen molar-refractivity contribution in [2.45, 2.75) is 26.4 Å². The van der Waals surface area contributed by atoms with Crippen LogP contribution in [-0.2, 0) is 11.3 Å². The summed E-state index contributed by atoms with van der Waals surface area (Å²) in [6.45, 7) is 5.01. The molecule has 0 bridgehead atoms. The summed E-state index contributed by atoms with van der Waals surface area (Å²) in [5.74, 6) is 1.28. The number of hydrogen-bond donors (Lipinski definition) is 1. The van der Waals surface area contributed by atoms with Crippen molar-refractivity contribution < 1.29 is 18.7 Å². The van der Waals surface area contributed by atoms with Crippen molar-refractivity contribution in [3.63, 3.8) is 0 Å². The first-order chi connectivity index (χ1) is 14.5. The monoisotopic (exact) mass is 411 g/mol. The molecule has 30 heavy (non-hydrogen) atoms. The minimum absolute atomic E-state index is 0.0814. The summed E-state index contributed by atoms with van der Waals surface area (Å²) < 4.78 is 24.3. The van der Waals surface area contributed by atoms with Gasteiger partial charge in [-0.2, -0.15) is 4.80 Å². The fraction of sp³-hybridized carbons (Fsp3) is 0.333. The van der Waals surface area contributed by atoms with E-state index in [4.69, 9.17) is 9.47 Å². The maximum Gasteiger partial charge on any atom is 0.244 e. The predicted octanol–water partition coefficient (Wildman–Crippen LogP) is 2.76. The van der Waals surface area contributed by atoms with E-state index in [0.29, 0.717) is 36.1 Å². The minimum Gasteiger partial charge on any atom is -0.486 e. The molecule has 0 radical (unpaired) electrons. The SMILES string of the molecule is CC(C)[C@@H](NC(=O)Cn1nnc(-c2ccc(F)cc2)n1)c1ccc2c(c1)OCCO2. The maximum absolute atomic E-state index is 13.1. The number of carbonyl (C=O) groups is 1. The zero-order valence-corrected chi connectivity index (χ0v) is 16.7. The standard InChI is InChI=1S/C21H22FN5O3/c1-13(2)20(15-5-8-17-18(11-15)30-10-9-29-17)23-19(28)12-27-25-21(24-26-27)14-3-6-16(22)7-4-14/h3-8,11,13,20H,9-10,12H2,1-2H3,(H,23,28)/t20-/m1/s1. The number of halogens is 1. The largest absolute Gasteiger partial charge is 0.486 e. The second-order valence-electron chi connectivity index (χ2n) is 7.34. The average Bonchev–Trinajstić information content (AvgIpc) is 3.20. The number of aromatic nitrogens is 4. The lowest BCUT2D eigenvalue weighted by Gasteiger charge is -2.25. The molecule has 1 N–H and O–H groups in total. The Balaban J connectivity index is 1.45. The van der Waals surface area contributed by atoms with E-state index in [1.807, 2.05) is 32.0 Å². The summed E-state index contributed by atoms with van der Waals surface area (Å²) in [4.78, 5) is 13.9. The normalized spacial score (nSPS) is 13.9. The Kier molecular flexibility index (Phi) is 5.60. The molecule has 2 aromatic carbocycles. The van der Waals surface area contributed by atoms with E-state index in [1.165, 1.54) is 16.9 Å². The van der Waals surface area contributed by atoms with Crippen LogP contribution in [0.25, 0.3) is 11.4 Å². The molecule has 1 aromatic heterocycles. The van der Waals surface area contributed by atoms with Crippen LogP contribution in [0.15, 0.2) is 42.5 Å². The van der Waals surface area contributed by atoms with Crippen LogP contribution in [0.4, 0.5) is 4.39 Å². The molecule has 8 nitrogen and oxygen atoms in total. The van der Waals surface area contributed by atoms with Gasteiger partial charge in [0.1, 0.15) is 25.6 Å². The number of ether oxygens (including phenoxy) is 2. The molecule has 3 aromatic rings. The Bertz CT molecular complexity index is 1040. The highest BCUT2D eigenvalue weighted by Gasteiger charge is 2.22. The van der Waals surface area contributed by atoms with Crippen molar-refractivity contribution in [3.05, 3.63) is 53.8 Å². The molecule has 0 spiro atoms. The second kappa shape index (κ2) is 8.48. The first kappa shape index (κ1) is 19.8. The van der Waals surface area contributed by atoms with Gasteiger partial charge in [0.05, 0.1) is 6.04 Å². The zero-order valence-electron chi connectivity index (χ0n) is 16.7. The number of benzene rings is 2. The van der Waals surface area contributed by atoms with Gasteiger partial charge in [-0.3, -0.25) is 4.79 Å². The summed E-state index contributed by atoms with van der Waals surface area (Å²) >= 11 is 0. The third-order valence-electron chi connectivity index (χ3n) is 4.75. The van der Waals surface area contributed by atoms with Crippen molar-refractivity contribution >= 4 is 5.91 Å². The first-order valence-corrected chi connectivity index (χ1v) is 9.72. The third-order valence-corrected chi connectivity index (χ3v) is 4.75. The number of nitrogens with one attached hydrogen (secondary N) is 1. The van der Waals surface area contributed by atoms with Gasteiger partial charge in [-0.25, -0.2) is 4.39 Å². The smallest absolute Gasteiger partial charge is 0.244 e. The van der Waals surface area contributed by atoms with Gasteiger partial charge in [-0.05, 0) is 53.1 Å². The molecule has 156 valence electrons. The maximum atomic E-state index is 13.1. The van der Waals surface area contributed by atoms with Gasteiger partial charge >= 0.3 is 0 Å². The van der Waals surface area contributed by atoms with E-state index in [9.17, 15) is 9.18 Å². The van der Waals surface area contributed by atoms with Crippen LogP contribution in [-0.4, -0.2) is 39.3 Å². The van der Waals surface area contributed by atoms with Crippen LogP contribution in [0.2, 0.25) is 0 Å². The summed E-state index contributed by atoms with van der Waals surface area (Å²) in [6.07, 6.45) is 0. The van der Waals surface area contributed by atoms with E-state index in [0.717, 1.165) is 5.56 Å². The van der Waals surface area contributed by atoms with Gasteiger partial charge in [-0.1, -0.05) is 19.9 Å². The number of nitrogens with zero attached hydrogens (tertiary/aromatic N) is 4. The van der Waals surface area contributed by atoms with Gasteiger partial charge in [0, 0.05) is 5.56 Å². The van der Waals surface area contributed by atoms with E-state index < -0.39 is 0 Å². The van der Waals surface area contributed by atoms with Crippen molar-refractivity contribution in [1.82, 2.24) is 25.5 Å². The zero-order chi connectivity index (χ0) is 21.1. The van der Waals surface area contributed by atoms with Gasteiger partial charge in [0.15, 0.2) is 11.5 Å². The van der Waals surface area contributed by atoms with Gasteiger partial charge in [0.25, 0.3) is 0 Å². The predicted molar refractivity (Wildman–Crippen MR) is 106 cm³/mol. The van der Waals surface area contributed by atoms with E-state index >= 15 is 0 Å². The molecule has 0 unspecified atom stereocenters. The average molecular weight is 411 g/mol. The van der Waals surface area contributed by atoms with Crippen LogP contribution < -0.4 is 14.8 Å². The van der Waals surface area contributed by atoms with Gasteiger partial charge in [-0.15, -0.1) is 10.2 Å². The molecular formula is C21H22FN5O3. The Morgan fingerprint density at radius 3 is 2.60 bits per heavy atom. The number of tetrazole rings is 1. The highest BCUT2D eigenvalue weighted by molar-refractivity contribution is 5.76.